The third kappa shape index (κ3) is 9.40. The summed E-state index contributed by atoms with van der Waals surface area (Å²) < 4.78 is 55.9. The van der Waals surface area contributed by atoms with E-state index in [1.165, 1.54) is 0 Å². The Balaban J connectivity index is 1.64. The van der Waals surface area contributed by atoms with Crippen LogP contribution in [0.1, 0.15) is 44.1 Å². The van der Waals surface area contributed by atoms with Gasteiger partial charge in [-0.05, 0) is 43.4 Å². The second-order valence-electron chi connectivity index (χ2n) is 7.96. The van der Waals surface area contributed by atoms with Gasteiger partial charge >= 0.3 is 6.03 Å². The molecule has 0 aliphatic carbocycles. The molecule has 1 fully saturated rings. The summed E-state index contributed by atoms with van der Waals surface area (Å²) in [6.45, 7) is 0.977. The highest BCUT2D eigenvalue weighted by Crippen LogP contribution is 2.24. The maximum absolute atomic E-state index is 12.4. The second-order valence-corrected chi connectivity index (χ2v) is 11.5. The molecule has 0 spiro atoms. The molecule has 0 bridgehead atoms. The normalized spacial score (nSPS) is 15.0. The Hall–Kier alpha value is -2.02. The van der Waals surface area contributed by atoms with Crippen LogP contribution in [0, 0.1) is 0 Å². The van der Waals surface area contributed by atoms with Crippen molar-refractivity contribution in [3.8, 4) is 0 Å². The number of sulfonamides is 1. The number of anilines is 1. The topological polar surface area (TPSA) is 127 Å². The van der Waals surface area contributed by atoms with Gasteiger partial charge in [0.15, 0.2) is 0 Å². The lowest BCUT2D eigenvalue weighted by Gasteiger charge is -2.16. The number of ether oxygens (including phenoxy) is 1. The molecule has 0 N–H and O–H groups in total. The Bertz CT molecular complexity index is 1020. The van der Waals surface area contributed by atoms with Crippen LogP contribution in [0.3, 0.4) is 0 Å². The molecule has 186 valence electrons. The predicted octanol–water partition coefficient (Wildman–Crippen LogP) is 2.29. The maximum atomic E-state index is 12.4. The fourth-order valence-electron chi connectivity index (χ4n) is 3.37. The summed E-state index contributed by atoms with van der Waals surface area (Å²) in [7, 11) is -7.15. The monoisotopic (exact) mass is 504 g/mol. The van der Waals surface area contributed by atoms with Crippen molar-refractivity contribution in [2.75, 3.05) is 43.8 Å². The summed E-state index contributed by atoms with van der Waals surface area (Å²) in [5.41, 5.74) is 1.28. The van der Waals surface area contributed by atoms with E-state index in [1.807, 2.05) is 6.07 Å². The molecule has 1 saturated heterocycles. The number of nitrogens with zero attached hydrogens (tertiary/aromatic N) is 2. The van der Waals surface area contributed by atoms with Crippen molar-refractivity contribution in [1.29, 1.82) is 0 Å². The average molecular weight is 505 g/mol. The fourth-order valence-corrected chi connectivity index (χ4v) is 4.50. The molecule has 33 heavy (non-hydrogen) atoms. The fraction of sp³-hybridized carbons (Fsp3) is 0.619. The lowest BCUT2D eigenvalue weighted by Crippen LogP contribution is -2.36. The van der Waals surface area contributed by atoms with E-state index in [0.29, 0.717) is 36.0 Å². The molecule has 0 atom stereocenters. The van der Waals surface area contributed by atoms with Crippen molar-refractivity contribution < 1.29 is 35.3 Å². The molecule has 3 amide bonds. The van der Waals surface area contributed by atoms with Crippen LogP contribution in [0.25, 0.3) is 0 Å². The van der Waals surface area contributed by atoms with E-state index in [-0.39, 0.29) is 6.61 Å². The zero-order valence-corrected chi connectivity index (χ0v) is 20.7. The van der Waals surface area contributed by atoms with Gasteiger partial charge in [-0.25, -0.2) is 22.4 Å². The van der Waals surface area contributed by atoms with Gasteiger partial charge in [0, 0.05) is 13.2 Å². The van der Waals surface area contributed by atoms with Crippen molar-refractivity contribution in [1.82, 2.24) is 4.31 Å². The van der Waals surface area contributed by atoms with Crippen LogP contribution in [-0.4, -0.2) is 72.0 Å². The summed E-state index contributed by atoms with van der Waals surface area (Å²) >= 11 is 0. The SMILES string of the molecule is CS(=O)(=O)OCCCCCCCOCCCc1cccc(N2C(=O)CN(S(C)(=O)=O)C2=O)c1. The van der Waals surface area contributed by atoms with E-state index in [0.717, 1.165) is 55.1 Å². The molecule has 10 nitrogen and oxygen atoms in total. The third-order valence-electron chi connectivity index (χ3n) is 4.99. The number of carbonyl (C=O) groups is 2. The number of amides is 3. The summed E-state index contributed by atoms with van der Waals surface area (Å²) in [4.78, 5) is 25.5. The summed E-state index contributed by atoms with van der Waals surface area (Å²) in [5.74, 6) is -0.575. The van der Waals surface area contributed by atoms with Gasteiger partial charge in [-0.2, -0.15) is 8.42 Å². The zero-order chi connectivity index (χ0) is 24.5. The molecule has 1 aliphatic heterocycles. The molecule has 0 radical (unpaired) electrons. The minimum absolute atomic E-state index is 0.229. The van der Waals surface area contributed by atoms with Crippen LogP contribution < -0.4 is 4.90 Å². The van der Waals surface area contributed by atoms with E-state index in [4.69, 9.17) is 4.74 Å². The van der Waals surface area contributed by atoms with E-state index < -0.39 is 38.6 Å². The number of hydrogen-bond acceptors (Lipinski definition) is 8. The molecule has 0 saturated carbocycles. The quantitative estimate of drug-likeness (QED) is 0.202. The standard InChI is InChI=1S/C21H32N2O8S2/c1-32(26,27)22-17-20(24)23(21(22)25)19-12-8-10-18(16-19)11-9-14-30-13-6-4-3-5-7-15-31-33(2,28)29/h8,10,12,16H,3-7,9,11,13-15,17H2,1-2H3. The number of imide groups is 1. The van der Waals surface area contributed by atoms with Crippen LogP contribution >= 0.6 is 0 Å². The number of urea groups is 1. The largest absolute Gasteiger partial charge is 0.381 e. The molecule has 1 aromatic rings. The summed E-state index contributed by atoms with van der Waals surface area (Å²) in [6.07, 6.45) is 7.96. The first kappa shape index (κ1) is 27.2. The van der Waals surface area contributed by atoms with Gasteiger partial charge < -0.3 is 4.74 Å². The highest BCUT2D eigenvalue weighted by molar-refractivity contribution is 7.89. The van der Waals surface area contributed by atoms with Crippen LogP contribution in [0.5, 0.6) is 0 Å². The molecular weight excluding hydrogens is 472 g/mol. The van der Waals surface area contributed by atoms with Crippen LogP contribution in [0.15, 0.2) is 24.3 Å². The number of carbonyl (C=O) groups excluding carboxylic acids is 2. The third-order valence-corrected chi connectivity index (χ3v) is 6.67. The molecule has 2 rings (SSSR count). The number of unbranched alkanes of at least 4 members (excludes halogenated alkanes) is 4. The summed E-state index contributed by atoms with van der Waals surface area (Å²) in [6, 6.07) is 6.09. The molecule has 0 unspecified atom stereocenters. The molecule has 1 aliphatic rings. The maximum Gasteiger partial charge on any atom is 0.345 e. The van der Waals surface area contributed by atoms with Gasteiger partial charge in [-0.15, -0.1) is 0 Å². The van der Waals surface area contributed by atoms with Crippen LogP contribution in [0.4, 0.5) is 10.5 Å². The molecule has 1 heterocycles. The minimum atomic E-state index is -3.80. The first-order valence-electron chi connectivity index (χ1n) is 10.8. The summed E-state index contributed by atoms with van der Waals surface area (Å²) in [5, 5.41) is 0. The predicted molar refractivity (Wildman–Crippen MR) is 124 cm³/mol. The average Bonchev–Trinajstić information content (AvgIpc) is 3.02. The van der Waals surface area contributed by atoms with Gasteiger partial charge in [0.1, 0.15) is 6.54 Å². The lowest BCUT2D eigenvalue weighted by molar-refractivity contribution is -0.116. The minimum Gasteiger partial charge on any atom is -0.381 e. The Labute approximate surface area is 196 Å². The van der Waals surface area contributed by atoms with Crippen molar-refractivity contribution in [3.63, 3.8) is 0 Å². The molecule has 0 aromatic heterocycles. The van der Waals surface area contributed by atoms with Gasteiger partial charge in [0.05, 0.1) is 24.8 Å². The Morgan fingerprint density at radius 1 is 0.879 bits per heavy atom. The van der Waals surface area contributed by atoms with Gasteiger partial charge in [0.25, 0.3) is 16.0 Å². The highest BCUT2D eigenvalue weighted by Gasteiger charge is 2.41. The number of rotatable bonds is 15. The van der Waals surface area contributed by atoms with Crippen molar-refractivity contribution in [2.24, 2.45) is 0 Å². The van der Waals surface area contributed by atoms with Gasteiger partial charge in [-0.3, -0.25) is 8.98 Å². The first-order chi connectivity index (χ1) is 15.5. The molecule has 1 aromatic carbocycles. The number of benzene rings is 1. The lowest BCUT2D eigenvalue weighted by atomic mass is 10.1. The van der Waals surface area contributed by atoms with Crippen molar-refractivity contribution in [2.45, 2.75) is 44.9 Å². The van der Waals surface area contributed by atoms with Crippen molar-refractivity contribution >= 4 is 37.8 Å². The van der Waals surface area contributed by atoms with Gasteiger partial charge in [-0.1, -0.05) is 31.4 Å². The second kappa shape index (κ2) is 12.4. The Kier molecular flexibility index (Phi) is 10.3. The smallest absolute Gasteiger partial charge is 0.345 e. The first-order valence-corrected chi connectivity index (χ1v) is 14.5. The number of hydrogen-bond donors (Lipinski definition) is 0. The van der Waals surface area contributed by atoms with Gasteiger partial charge in [0.2, 0.25) is 10.0 Å². The zero-order valence-electron chi connectivity index (χ0n) is 19.1. The van der Waals surface area contributed by atoms with E-state index >= 15 is 0 Å². The van der Waals surface area contributed by atoms with Crippen LogP contribution in [-0.2, 0) is 40.3 Å². The highest BCUT2D eigenvalue weighted by atomic mass is 32.2. The van der Waals surface area contributed by atoms with E-state index in [1.54, 1.807) is 18.2 Å². The van der Waals surface area contributed by atoms with E-state index in [9.17, 15) is 26.4 Å². The molecular formula is C21H32N2O8S2. The Morgan fingerprint density at radius 2 is 1.52 bits per heavy atom. The number of aryl methyl sites for hydroxylation is 1. The van der Waals surface area contributed by atoms with Crippen LogP contribution in [0.2, 0.25) is 0 Å². The molecule has 12 heteroatoms. The van der Waals surface area contributed by atoms with Crippen molar-refractivity contribution in [3.05, 3.63) is 29.8 Å². The van der Waals surface area contributed by atoms with E-state index in [2.05, 4.69) is 4.18 Å². The Morgan fingerprint density at radius 3 is 2.15 bits per heavy atom.